The molecule has 8 bridgehead atoms. The van der Waals surface area contributed by atoms with Crippen LogP contribution in [0, 0.1) is 0 Å². The molecule has 2 spiro atoms. The fourth-order valence-electron chi connectivity index (χ4n) is 5.07. The third kappa shape index (κ3) is 5.27. The summed E-state index contributed by atoms with van der Waals surface area (Å²) in [6.07, 6.45) is 0. The number of aromatic nitrogens is 4. The van der Waals surface area contributed by atoms with E-state index in [1.165, 1.54) is 0 Å². The molecule has 3 aliphatic rings. The van der Waals surface area contributed by atoms with Gasteiger partial charge in [-0.05, 0) is 48.5 Å². The highest BCUT2D eigenvalue weighted by atomic mass is 32.2. The summed E-state index contributed by atoms with van der Waals surface area (Å²) in [5.41, 5.74) is 3.87. The van der Waals surface area contributed by atoms with Crippen LogP contribution in [-0.2, 0) is 35.3 Å². The molecule has 3 aliphatic heterocycles. The van der Waals surface area contributed by atoms with E-state index in [1.54, 1.807) is 23.5 Å². The number of ether oxygens (including phenoxy) is 5. The Kier molecular flexibility index (Phi) is 7.74. The van der Waals surface area contributed by atoms with Crippen molar-refractivity contribution >= 4 is 23.5 Å². The molecular weight excluding hydrogens is 560 g/mol. The van der Waals surface area contributed by atoms with Gasteiger partial charge < -0.3 is 23.7 Å². The zero-order valence-electron chi connectivity index (χ0n) is 22.2. The Labute approximate surface area is 246 Å². The summed E-state index contributed by atoms with van der Waals surface area (Å²) in [4.78, 5) is 19.8. The lowest BCUT2D eigenvalue weighted by Gasteiger charge is -2.27. The predicted octanol–water partition coefficient (Wildman–Crippen LogP) is 4.64. The number of nitrogens with zero attached hydrogens (tertiary/aromatic N) is 4. The lowest BCUT2D eigenvalue weighted by Crippen LogP contribution is -2.32. The van der Waals surface area contributed by atoms with Gasteiger partial charge in [-0.2, -0.15) is 0 Å². The first-order chi connectivity index (χ1) is 20.3. The van der Waals surface area contributed by atoms with Crippen molar-refractivity contribution < 1.29 is 23.7 Å². The first-order valence-electron chi connectivity index (χ1n) is 13.5. The Morgan fingerprint density at radius 1 is 0.463 bits per heavy atom. The van der Waals surface area contributed by atoms with Crippen molar-refractivity contribution in [3.05, 3.63) is 95.6 Å². The van der Waals surface area contributed by atoms with Crippen LogP contribution in [0.25, 0.3) is 11.4 Å². The van der Waals surface area contributed by atoms with Crippen molar-refractivity contribution in [1.82, 2.24) is 19.9 Å². The normalized spacial score (nSPS) is 20.1. The molecule has 9 nitrogen and oxygen atoms in total. The van der Waals surface area contributed by atoms with Crippen LogP contribution in [0.2, 0.25) is 0 Å². The maximum atomic E-state index is 6.25. The zero-order chi connectivity index (χ0) is 27.5. The van der Waals surface area contributed by atoms with E-state index >= 15 is 0 Å². The van der Waals surface area contributed by atoms with Crippen molar-refractivity contribution in [2.75, 3.05) is 51.1 Å². The Morgan fingerprint density at radius 2 is 0.854 bits per heavy atom. The molecule has 7 rings (SSSR count). The number of fused-ring (bicyclic) bond motifs is 13. The first-order valence-corrected chi connectivity index (χ1v) is 15.5. The summed E-state index contributed by atoms with van der Waals surface area (Å²) in [5.74, 6) is -0.870. The Hall–Kier alpha value is -2.90. The van der Waals surface area contributed by atoms with Gasteiger partial charge in [0.25, 0.3) is 11.6 Å². The second kappa shape index (κ2) is 11.8. The maximum absolute atomic E-state index is 6.25. The molecule has 11 heteroatoms. The van der Waals surface area contributed by atoms with E-state index in [2.05, 4.69) is 0 Å². The molecule has 0 radical (unpaired) electrons. The molecule has 2 fully saturated rings. The van der Waals surface area contributed by atoms with Crippen molar-refractivity contribution in [2.24, 2.45) is 0 Å². The molecule has 2 saturated heterocycles. The van der Waals surface area contributed by atoms with Crippen LogP contribution in [0.3, 0.4) is 0 Å². The van der Waals surface area contributed by atoms with E-state index in [1.807, 2.05) is 72.8 Å². The minimum Gasteiger partial charge on any atom is -0.380 e. The largest absolute Gasteiger partial charge is 0.380 e. The van der Waals surface area contributed by atoms with Crippen molar-refractivity contribution in [2.45, 2.75) is 21.6 Å². The van der Waals surface area contributed by atoms with Gasteiger partial charge in [-0.25, -0.2) is 19.9 Å². The van der Waals surface area contributed by atoms with E-state index in [0.29, 0.717) is 73.8 Å². The molecule has 7 heterocycles. The van der Waals surface area contributed by atoms with E-state index < -0.39 is 11.6 Å². The Balaban J connectivity index is 1.34. The molecule has 0 amide bonds. The van der Waals surface area contributed by atoms with E-state index in [9.17, 15) is 0 Å². The van der Waals surface area contributed by atoms with Gasteiger partial charge in [-0.1, -0.05) is 24.3 Å². The molecule has 0 N–H and O–H groups in total. The van der Waals surface area contributed by atoms with Gasteiger partial charge in [-0.15, -0.1) is 23.5 Å². The molecule has 4 aromatic heterocycles. The van der Waals surface area contributed by atoms with Crippen LogP contribution in [0.5, 0.6) is 0 Å². The van der Waals surface area contributed by atoms with Crippen LogP contribution in [0.4, 0.5) is 0 Å². The number of pyridine rings is 4. The first kappa shape index (κ1) is 27.0. The van der Waals surface area contributed by atoms with Crippen molar-refractivity contribution in [1.29, 1.82) is 0 Å². The summed E-state index contributed by atoms with van der Waals surface area (Å²) in [6, 6.07) is 23.3. The number of rotatable bonds is 0. The van der Waals surface area contributed by atoms with E-state index in [4.69, 9.17) is 43.6 Å². The maximum Gasteiger partial charge on any atom is 0.257 e. The van der Waals surface area contributed by atoms with Gasteiger partial charge >= 0.3 is 0 Å². The molecular formula is C30H28N4O5S2. The van der Waals surface area contributed by atoms with Crippen molar-refractivity contribution in [3.63, 3.8) is 0 Å². The minimum absolute atomic E-state index is 0.438. The van der Waals surface area contributed by atoms with Crippen LogP contribution >= 0.6 is 23.5 Å². The summed E-state index contributed by atoms with van der Waals surface area (Å²) in [6.45, 7) is 2.97. The fraction of sp³-hybridized carbons (Fsp3) is 0.333. The summed E-state index contributed by atoms with van der Waals surface area (Å²) in [5, 5.41) is 1.75. The zero-order valence-corrected chi connectivity index (χ0v) is 23.9. The van der Waals surface area contributed by atoms with Gasteiger partial charge in [0.05, 0.1) is 61.1 Å². The van der Waals surface area contributed by atoms with Crippen molar-refractivity contribution in [3.8, 4) is 11.4 Å². The summed E-state index contributed by atoms with van der Waals surface area (Å²) < 4.78 is 30.9. The van der Waals surface area contributed by atoms with E-state index in [-0.39, 0.29) is 0 Å². The van der Waals surface area contributed by atoms with Gasteiger partial charge in [0.15, 0.2) is 0 Å². The highest BCUT2D eigenvalue weighted by Gasteiger charge is 2.45. The van der Waals surface area contributed by atoms with Gasteiger partial charge in [0.2, 0.25) is 0 Å². The average Bonchev–Trinajstić information content (AvgIpc) is 3.73. The molecule has 4 aromatic rings. The molecule has 41 heavy (non-hydrogen) atoms. The molecule has 0 aromatic carbocycles. The third-order valence-corrected chi connectivity index (χ3v) is 8.69. The Bertz CT molecular complexity index is 1420. The predicted molar refractivity (Wildman–Crippen MR) is 154 cm³/mol. The van der Waals surface area contributed by atoms with Gasteiger partial charge in [0.1, 0.15) is 22.8 Å². The number of thioether (sulfide) groups is 2. The summed E-state index contributed by atoms with van der Waals surface area (Å²) in [7, 11) is 0. The third-order valence-electron chi connectivity index (χ3n) is 6.90. The topological polar surface area (TPSA) is 97.7 Å². The number of hydrogen-bond donors (Lipinski definition) is 0. The Morgan fingerprint density at radius 3 is 1.29 bits per heavy atom. The molecule has 0 atom stereocenters. The monoisotopic (exact) mass is 588 g/mol. The second-order valence-electron chi connectivity index (χ2n) is 9.47. The lowest BCUT2D eigenvalue weighted by atomic mass is 10.0. The highest BCUT2D eigenvalue weighted by molar-refractivity contribution is 7.99. The summed E-state index contributed by atoms with van der Waals surface area (Å²) >= 11 is 3.27. The fourth-order valence-corrected chi connectivity index (χ4v) is 6.57. The molecule has 210 valence electrons. The minimum atomic E-state index is -1.21. The van der Waals surface area contributed by atoms with E-state index in [0.717, 1.165) is 21.6 Å². The van der Waals surface area contributed by atoms with Gasteiger partial charge in [-0.3, -0.25) is 0 Å². The van der Waals surface area contributed by atoms with Crippen LogP contribution < -0.4 is 0 Å². The molecule has 0 aliphatic carbocycles. The molecule has 0 saturated carbocycles. The SMILES string of the molecule is c1cc2nc(c1)C1(OCCO1)c1cccc(n1)-c1cccc(n1)C1(OCCO1)c1cccc(n1)SCCOCCS2. The molecule has 0 unspecified atom stereocenters. The van der Waals surface area contributed by atoms with Crippen LogP contribution in [0.1, 0.15) is 22.8 Å². The van der Waals surface area contributed by atoms with Crippen LogP contribution in [-0.4, -0.2) is 71.1 Å². The smallest absolute Gasteiger partial charge is 0.257 e. The highest BCUT2D eigenvalue weighted by Crippen LogP contribution is 2.40. The second-order valence-corrected chi connectivity index (χ2v) is 11.7. The van der Waals surface area contributed by atoms with Gasteiger partial charge in [0, 0.05) is 11.5 Å². The standard InChI is InChI=1S/C30H28N4O5S2/c1-5-21-22-6-2-8-24(32-22)30(38-15-16-39-30)26-10-4-12-28(34-26)41-20-18-35-17-19-40-27-11-3-9-25(33-27)29(23(7-1)31-21)36-13-14-37-29/h1-12H,13-20H2. The lowest BCUT2D eigenvalue weighted by molar-refractivity contribution is -0.136. The van der Waals surface area contributed by atoms with Crippen LogP contribution in [0.15, 0.2) is 82.8 Å². The number of hydrogen-bond acceptors (Lipinski definition) is 11. The quantitative estimate of drug-likeness (QED) is 0.287. The average molecular weight is 589 g/mol.